The lowest BCUT2D eigenvalue weighted by Crippen LogP contribution is -2.18. The van der Waals surface area contributed by atoms with Crippen molar-refractivity contribution in [2.45, 2.75) is 18.6 Å². The zero-order valence-corrected chi connectivity index (χ0v) is 10.7. The highest BCUT2D eigenvalue weighted by molar-refractivity contribution is 5.30. The predicted molar refractivity (Wildman–Crippen MR) is 67.2 cm³/mol. The number of hydrogen-bond donors (Lipinski definition) is 2. The van der Waals surface area contributed by atoms with E-state index in [0.717, 1.165) is 11.8 Å². The van der Waals surface area contributed by atoms with E-state index in [-0.39, 0.29) is 12.0 Å². The highest BCUT2D eigenvalue weighted by atomic mass is 19.4. The van der Waals surface area contributed by atoms with E-state index in [9.17, 15) is 13.2 Å². The molecule has 1 aromatic carbocycles. The number of nitrogens with one attached hydrogen (secondary N) is 1. The number of nitrogens with two attached hydrogens (primary N) is 1. The zero-order chi connectivity index (χ0) is 14.8. The van der Waals surface area contributed by atoms with Crippen LogP contribution in [0.5, 0.6) is 5.75 Å². The lowest BCUT2D eigenvalue weighted by Gasteiger charge is -2.14. The van der Waals surface area contributed by atoms with Gasteiger partial charge in [0.2, 0.25) is 0 Å². The number of benzene rings is 1. The molecule has 0 aliphatic carbocycles. The van der Waals surface area contributed by atoms with Gasteiger partial charge in [-0.05, 0) is 24.1 Å². The molecule has 4 nitrogen and oxygen atoms in total. The quantitative estimate of drug-likeness (QED) is 0.907. The van der Waals surface area contributed by atoms with E-state index in [4.69, 9.17) is 10.5 Å². The maximum absolute atomic E-state index is 12.7. The van der Waals surface area contributed by atoms with Crippen LogP contribution in [0.1, 0.15) is 22.9 Å². The van der Waals surface area contributed by atoms with E-state index >= 15 is 0 Å². The SMILES string of the molecule is COc1ccc(C[C@H](N)c2cn[nH]c2C(F)(F)F)cc1. The number of aromatic amines is 1. The Kier molecular flexibility index (Phi) is 3.99. The summed E-state index contributed by atoms with van der Waals surface area (Å²) in [6, 6.07) is 6.24. The van der Waals surface area contributed by atoms with Crippen LogP contribution in [0.2, 0.25) is 0 Å². The number of aromatic nitrogens is 2. The molecule has 0 spiro atoms. The lowest BCUT2D eigenvalue weighted by atomic mass is 10.00. The van der Waals surface area contributed by atoms with E-state index < -0.39 is 17.9 Å². The molecule has 0 unspecified atom stereocenters. The Hall–Kier alpha value is -2.02. The summed E-state index contributed by atoms with van der Waals surface area (Å²) in [5, 5.41) is 5.39. The number of nitrogens with zero attached hydrogens (tertiary/aromatic N) is 1. The Morgan fingerprint density at radius 1 is 1.30 bits per heavy atom. The number of methoxy groups -OCH3 is 1. The van der Waals surface area contributed by atoms with Crippen molar-refractivity contribution >= 4 is 0 Å². The summed E-state index contributed by atoms with van der Waals surface area (Å²) in [4.78, 5) is 0. The molecule has 0 bridgehead atoms. The molecule has 2 rings (SSSR count). The fraction of sp³-hybridized carbons (Fsp3) is 0.308. The largest absolute Gasteiger partial charge is 0.497 e. The van der Waals surface area contributed by atoms with Crippen molar-refractivity contribution in [3.05, 3.63) is 47.3 Å². The Balaban J connectivity index is 2.15. The molecule has 0 amide bonds. The Labute approximate surface area is 113 Å². The monoisotopic (exact) mass is 285 g/mol. The molecule has 2 aromatic rings. The van der Waals surface area contributed by atoms with E-state index in [2.05, 4.69) is 5.10 Å². The topological polar surface area (TPSA) is 63.9 Å². The molecular weight excluding hydrogens is 271 g/mol. The molecule has 0 saturated carbocycles. The summed E-state index contributed by atoms with van der Waals surface area (Å²) in [7, 11) is 1.54. The van der Waals surface area contributed by atoms with Gasteiger partial charge < -0.3 is 10.5 Å². The van der Waals surface area contributed by atoms with E-state index in [1.165, 1.54) is 0 Å². The van der Waals surface area contributed by atoms with Crippen LogP contribution in [0.4, 0.5) is 13.2 Å². The minimum atomic E-state index is -4.48. The molecule has 0 aliphatic rings. The first-order chi connectivity index (χ1) is 9.41. The minimum Gasteiger partial charge on any atom is -0.497 e. The molecule has 20 heavy (non-hydrogen) atoms. The smallest absolute Gasteiger partial charge is 0.433 e. The molecule has 0 aliphatic heterocycles. The summed E-state index contributed by atoms with van der Waals surface area (Å²) in [6.45, 7) is 0. The first-order valence-electron chi connectivity index (χ1n) is 5.90. The van der Waals surface area contributed by atoms with Gasteiger partial charge in [0.05, 0.1) is 13.3 Å². The van der Waals surface area contributed by atoms with Crippen LogP contribution in [0.3, 0.4) is 0 Å². The van der Waals surface area contributed by atoms with Crippen molar-refractivity contribution < 1.29 is 17.9 Å². The van der Waals surface area contributed by atoms with Crippen LogP contribution in [0, 0.1) is 0 Å². The third kappa shape index (κ3) is 3.11. The number of alkyl halides is 3. The molecule has 7 heteroatoms. The fourth-order valence-corrected chi connectivity index (χ4v) is 1.93. The molecule has 3 N–H and O–H groups in total. The fourth-order valence-electron chi connectivity index (χ4n) is 1.93. The van der Waals surface area contributed by atoms with E-state index in [1.807, 2.05) is 5.10 Å². The van der Waals surface area contributed by atoms with Gasteiger partial charge in [0.25, 0.3) is 0 Å². The van der Waals surface area contributed by atoms with Gasteiger partial charge in [-0.2, -0.15) is 18.3 Å². The number of halogens is 3. The van der Waals surface area contributed by atoms with Crippen molar-refractivity contribution in [2.75, 3.05) is 7.11 Å². The minimum absolute atomic E-state index is 0.0340. The molecule has 108 valence electrons. The maximum Gasteiger partial charge on any atom is 0.433 e. The first kappa shape index (κ1) is 14.4. The van der Waals surface area contributed by atoms with Crippen LogP contribution in [-0.2, 0) is 12.6 Å². The zero-order valence-electron chi connectivity index (χ0n) is 10.7. The van der Waals surface area contributed by atoms with Gasteiger partial charge >= 0.3 is 6.18 Å². The van der Waals surface area contributed by atoms with Gasteiger partial charge in [0.15, 0.2) is 0 Å². The standard InChI is InChI=1S/C13H14F3N3O/c1-20-9-4-2-8(3-5-9)6-11(17)10-7-18-19-12(10)13(14,15)16/h2-5,7,11H,6,17H2,1H3,(H,18,19)/t11-/m0/s1. The Morgan fingerprint density at radius 3 is 2.50 bits per heavy atom. The molecule has 0 fully saturated rings. The summed E-state index contributed by atoms with van der Waals surface area (Å²) in [5.74, 6) is 0.682. The molecule has 1 atom stereocenters. The highest BCUT2D eigenvalue weighted by Crippen LogP contribution is 2.33. The van der Waals surface area contributed by atoms with Crippen LogP contribution < -0.4 is 10.5 Å². The average molecular weight is 285 g/mol. The van der Waals surface area contributed by atoms with Gasteiger partial charge in [0.1, 0.15) is 11.4 Å². The van der Waals surface area contributed by atoms with Crippen molar-refractivity contribution in [3.8, 4) is 5.75 Å². The second kappa shape index (κ2) is 5.54. The molecule has 1 aromatic heterocycles. The molecule has 1 heterocycles. The first-order valence-corrected chi connectivity index (χ1v) is 5.90. The van der Waals surface area contributed by atoms with E-state index in [0.29, 0.717) is 5.75 Å². The van der Waals surface area contributed by atoms with Gasteiger partial charge in [-0.25, -0.2) is 0 Å². The summed E-state index contributed by atoms with van der Waals surface area (Å²) >= 11 is 0. The van der Waals surface area contributed by atoms with E-state index in [1.54, 1.807) is 31.4 Å². The van der Waals surface area contributed by atoms with Crippen molar-refractivity contribution in [1.29, 1.82) is 0 Å². The number of hydrogen-bond acceptors (Lipinski definition) is 3. The number of H-pyrrole nitrogens is 1. The second-order valence-corrected chi connectivity index (χ2v) is 4.36. The molecular formula is C13H14F3N3O. The summed E-state index contributed by atoms with van der Waals surface area (Å²) < 4.78 is 43.2. The van der Waals surface area contributed by atoms with Gasteiger partial charge in [0, 0.05) is 11.6 Å². The normalized spacial score (nSPS) is 13.2. The van der Waals surface area contributed by atoms with Gasteiger partial charge in [-0.1, -0.05) is 12.1 Å². The lowest BCUT2D eigenvalue weighted by molar-refractivity contribution is -0.142. The predicted octanol–water partition coefficient (Wildman–Crippen LogP) is 2.68. The molecule has 0 saturated heterocycles. The van der Waals surface area contributed by atoms with Crippen molar-refractivity contribution in [1.82, 2.24) is 10.2 Å². The van der Waals surface area contributed by atoms with Crippen molar-refractivity contribution in [3.63, 3.8) is 0 Å². The van der Waals surface area contributed by atoms with Gasteiger partial charge in [-0.15, -0.1) is 0 Å². The number of ether oxygens (including phenoxy) is 1. The van der Waals surface area contributed by atoms with Crippen LogP contribution >= 0.6 is 0 Å². The van der Waals surface area contributed by atoms with Crippen LogP contribution in [0.15, 0.2) is 30.5 Å². The molecule has 0 radical (unpaired) electrons. The van der Waals surface area contributed by atoms with Crippen molar-refractivity contribution in [2.24, 2.45) is 5.73 Å². The summed E-state index contributed by atoms with van der Waals surface area (Å²) in [6.07, 6.45) is -3.08. The van der Waals surface area contributed by atoms with Crippen LogP contribution in [-0.4, -0.2) is 17.3 Å². The van der Waals surface area contributed by atoms with Gasteiger partial charge in [-0.3, -0.25) is 5.10 Å². The average Bonchev–Trinajstić information content (AvgIpc) is 2.89. The Bertz CT molecular complexity index is 563. The highest BCUT2D eigenvalue weighted by Gasteiger charge is 2.36. The Morgan fingerprint density at radius 2 is 1.95 bits per heavy atom. The van der Waals surface area contributed by atoms with Crippen LogP contribution in [0.25, 0.3) is 0 Å². The second-order valence-electron chi connectivity index (χ2n) is 4.36. The summed E-state index contributed by atoms with van der Waals surface area (Å²) in [5.41, 5.74) is 5.75. The maximum atomic E-state index is 12.7. The third-order valence-corrected chi connectivity index (χ3v) is 2.97. The number of rotatable bonds is 4. The third-order valence-electron chi connectivity index (χ3n) is 2.97.